The van der Waals surface area contributed by atoms with Crippen LogP contribution in [0, 0.1) is 5.82 Å². The lowest BCUT2D eigenvalue weighted by molar-refractivity contribution is 0.628. The van der Waals surface area contributed by atoms with Crippen molar-refractivity contribution in [1.29, 1.82) is 0 Å². The average molecular weight is 290 g/mol. The minimum Gasteiger partial charge on any atom is -0.306 e. The van der Waals surface area contributed by atoms with Gasteiger partial charge in [-0.05, 0) is 42.5 Å². The van der Waals surface area contributed by atoms with Crippen molar-refractivity contribution < 1.29 is 4.39 Å². The molecule has 0 aliphatic carbocycles. The van der Waals surface area contributed by atoms with E-state index in [1.54, 1.807) is 30.9 Å². The van der Waals surface area contributed by atoms with Crippen molar-refractivity contribution in [2.75, 3.05) is 0 Å². The zero-order valence-electron chi connectivity index (χ0n) is 11.5. The summed E-state index contributed by atoms with van der Waals surface area (Å²) in [7, 11) is 0. The second-order valence-electron chi connectivity index (χ2n) is 4.91. The minimum atomic E-state index is -0.269. The predicted molar refractivity (Wildman–Crippen MR) is 82.1 cm³/mol. The van der Waals surface area contributed by atoms with Crippen molar-refractivity contribution >= 4 is 10.9 Å². The molecule has 2 aromatic heterocycles. The molecule has 0 N–H and O–H groups in total. The summed E-state index contributed by atoms with van der Waals surface area (Å²) in [4.78, 5) is 13.0. The molecule has 0 aliphatic heterocycles. The van der Waals surface area contributed by atoms with E-state index in [2.05, 4.69) is 15.0 Å². The summed E-state index contributed by atoms with van der Waals surface area (Å²) in [6.07, 6.45) is 7.14. The summed E-state index contributed by atoms with van der Waals surface area (Å²) in [6.45, 7) is 0. The molecule has 0 spiro atoms. The van der Waals surface area contributed by atoms with Crippen LogP contribution < -0.4 is 0 Å². The SMILES string of the molecule is Fc1ccc(-c2ncc3cc(-n4ccnc4)ccc3n2)cc1. The molecule has 0 saturated carbocycles. The number of hydrogen-bond donors (Lipinski definition) is 0. The average Bonchev–Trinajstić information content (AvgIpc) is 3.09. The number of hydrogen-bond acceptors (Lipinski definition) is 3. The number of rotatable bonds is 2. The molecule has 4 nitrogen and oxygen atoms in total. The van der Waals surface area contributed by atoms with Crippen LogP contribution >= 0.6 is 0 Å². The first-order valence-corrected chi connectivity index (χ1v) is 6.81. The van der Waals surface area contributed by atoms with Crippen LogP contribution in [0.15, 0.2) is 67.4 Å². The van der Waals surface area contributed by atoms with E-state index in [9.17, 15) is 4.39 Å². The Hall–Kier alpha value is -3.08. The zero-order valence-corrected chi connectivity index (χ0v) is 11.5. The standard InChI is InChI=1S/C17H11FN4/c18-14-3-1-12(2-4-14)17-20-10-13-9-15(5-6-16(13)21-17)22-8-7-19-11-22/h1-11H. The first-order valence-electron chi connectivity index (χ1n) is 6.81. The van der Waals surface area contributed by atoms with Gasteiger partial charge >= 0.3 is 0 Å². The second kappa shape index (κ2) is 5.04. The van der Waals surface area contributed by atoms with Crippen molar-refractivity contribution in [3.05, 3.63) is 73.2 Å². The molecule has 0 radical (unpaired) electrons. The number of aromatic nitrogens is 4. The van der Waals surface area contributed by atoms with E-state index < -0.39 is 0 Å². The van der Waals surface area contributed by atoms with Crippen LogP contribution in [0.3, 0.4) is 0 Å². The number of fused-ring (bicyclic) bond motifs is 1. The fraction of sp³-hybridized carbons (Fsp3) is 0. The molecule has 106 valence electrons. The first-order chi connectivity index (χ1) is 10.8. The van der Waals surface area contributed by atoms with Gasteiger partial charge in [-0.3, -0.25) is 0 Å². The van der Waals surface area contributed by atoms with Gasteiger partial charge in [0.15, 0.2) is 5.82 Å². The van der Waals surface area contributed by atoms with Gasteiger partial charge in [0.1, 0.15) is 5.82 Å². The summed E-state index contributed by atoms with van der Waals surface area (Å²) in [6, 6.07) is 12.1. The lowest BCUT2D eigenvalue weighted by Crippen LogP contribution is -1.93. The summed E-state index contributed by atoms with van der Waals surface area (Å²) in [5.74, 6) is 0.317. The van der Waals surface area contributed by atoms with Crippen molar-refractivity contribution in [3.63, 3.8) is 0 Å². The van der Waals surface area contributed by atoms with Crippen molar-refractivity contribution in [3.8, 4) is 17.1 Å². The maximum atomic E-state index is 13.0. The molecule has 22 heavy (non-hydrogen) atoms. The molecule has 0 fully saturated rings. The molecule has 0 atom stereocenters. The van der Waals surface area contributed by atoms with E-state index in [0.29, 0.717) is 5.82 Å². The Morgan fingerprint density at radius 1 is 1.00 bits per heavy atom. The molecule has 2 heterocycles. The summed E-state index contributed by atoms with van der Waals surface area (Å²) in [5, 5.41) is 0.942. The van der Waals surface area contributed by atoms with Crippen molar-refractivity contribution in [2.45, 2.75) is 0 Å². The fourth-order valence-electron chi connectivity index (χ4n) is 2.33. The van der Waals surface area contributed by atoms with Crippen LogP contribution in [0.5, 0.6) is 0 Å². The summed E-state index contributed by atoms with van der Waals surface area (Å²) in [5.41, 5.74) is 2.64. The number of nitrogens with zero attached hydrogens (tertiary/aromatic N) is 4. The Balaban J connectivity index is 1.78. The normalized spacial score (nSPS) is 11.0. The number of benzene rings is 2. The maximum absolute atomic E-state index is 13.0. The first kappa shape index (κ1) is 12.6. The Labute approximate surface area is 125 Å². The third kappa shape index (κ3) is 2.22. The van der Waals surface area contributed by atoms with E-state index in [0.717, 1.165) is 22.2 Å². The van der Waals surface area contributed by atoms with Crippen LogP contribution in [0.1, 0.15) is 0 Å². The Bertz CT molecular complexity index is 931. The second-order valence-corrected chi connectivity index (χ2v) is 4.91. The van der Waals surface area contributed by atoms with Gasteiger partial charge in [0, 0.05) is 35.2 Å². The molecule has 0 saturated heterocycles. The van der Waals surface area contributed by atoms with Crippen LogP contribution in [0.2, 0.25) is 0 Å². The highest BCUT2D eigenvalue weighted by Gasteiger charge is 2.05. The van der Waals surface area contributed by atoms with Gasteiger partial charge in [-0.1, -0.05) is 0 Å². The van der Waals surface area contributed by atoms with Crippen molar-refractivity contribution in [1.82, 2.24) is 19.5 Å². The number of halogens is 1. The summed E-state index contributed by atoms with van der Waals surface area (Å²) >= 11 is 0. The van der Waals surface area contributed by atoms with E-state index in [1.807, 2.05) is 29.0 Å². The van der Waals surface area contributed by atoms with E-state index in [4.69, 9.17) is 0 Å². The fourth-order valence-corrected chi connectivity index (χ4v) is 2.33. The molecular formula is C17H11FN4. The highest BCUT2D eigenvalue weighted by molar-refractivity contribution is 5.81. The quantitative estimate of drug-likeness (QED) is 0.566. The van der Waals surface area contributed by atoms with E-state index in [-0.39, 0.29) is 5.82 Å². The highest BCUT2D eigenvalue weighted by Crippen LogP contribution is 2.21. The van der Waals surface area contributed by atoms with Crippen LogP contribution in [-0.4, -0.2) is 19.5 Å². The smallest absolute Gasteiger partial charge is 0.159 e. The lowest BCUT2D eigenvalue weighted by Gasteiger charge is -2.05. The van der Waals surface area contributed by atoms with Crippen molar-refractivity contribution in [2.24, 2.45) is 0 Å². The van der Waals surface area contributed by atoms with Crippen LogP contribution in [-0.2, 0) is 0 Å². The Morgan fingerprint density at radius 3 is 2.64 bits per heavy atom. The number of imidazole rings is 1. The largest absolute Gasteiger partial charge is 0.306 e. The Kier molecular flexibility index (Phi) is 2.89. The summed E-state index contributed by atoms with van der Waals surface area (Å²) < 4.78 is 14.9. The van der Waals surface area contributed by atoms with E-state index >= 15 is 0 Å². The monoisotopic (exact) mass is 290 g/mol. The molecular weight excluding hydrogens is 279 g/mol. The molecule has 4 rings (SSSR count). The van der Waals surface area contributed by atoms with Gasteiger partial charge in [-0.25, -0.2) is 19.3 Å². The minimum absolute atomic E-state index is 0.269. The maximum Gasteiger partial charge on any atom is 0.159 e. The zero-order chi connectivity index (χ0) is 14.9. The van der Waals surface area contributed by atoms with Gasteiger partial charge in [-0.2, -0.15) is 0 Å². The van der Waals surface area contributed by atoms with E-state index in [1.165, 1.54) is 12.1 Å². The molecule has 4 aromatic rings. The van der Waals surface area contributed by atoms with Crippen LogP contribution in [0.4, 0.5) is 4.39 Å². The molecule has 0 aliphatic rings. The third-order valence-electron chi connectivity index (χ3n) is 3.47. The van der Waals surface area contributed by atoms with Gasteiger partial charge in [0.25, 0.3) is 0 Å². The lowest BCUT2D eigenvalue weighted by atomic mass is 10.2. The van der Waals surface area contributed by atoms with Gasteiger partial charge in [-0.15, -0.1) is 0 Å². The van der Waals surface area contributed by atoms with Crippen LogP contribution in [0.25, 0.3) is 28.0 Å². The molecule has 0 unspecified atom stereocenters. The molecule has 2 aromatic carbocycles. The van der Waals surface area contributed by atoms with Gasteiger partial charge < -0.3 is 4.57 Å². The Morgan fingerprint density at radius 2 is 1.86 bits per heavy atom. The van der Waals surface area contributed by atoms with Gasteiger partial charge in [0.2, 0.25) is 0 Å². The molecule has 0 bridgehead atoms. The highest BCUT2D eigenvalue weighted by atomic mass is 19.1. The predicted octanol–water partition coefficient (Wildman–Crippen LogP) is 3.62. The molecule has 5 heteroatoms. The third-order valence-corrected chi connectivity index (χ3v) is 3.47. The topological polar surface area (TPSA) is 43.6 Å². The molecule has 0 amide bonds. The van der Waals surface area contributed by atoms with Gasteiger partial charge in [0.05, 0.1) is 11.8 Å².